The summed E-state index contributed by atoms with van der Waals surface area (Å²) in [4.78, 5) is 15.5. The Morgan fingerprint density at radius 1 is 1.30 bits per heavy atom. The van der Waals surface area contributed by atoms with Gasteiger partial charge in [0.1, 0.15) is 5.58 Å². The first-order valence-electron chi connectivity index (χ1n) is 5.83. The summed E-state index contributed by atoms with van der Waals surface area (Å²) in [6.07, 6.45) is 2.79. The second-order valence-corrected chi connectivity index (χ2v) is 4.70. The summed E-state index contributed by atoms with van der Waals surface area (Å²) in [7, 11) is -4.69. The fraction of sp³-hybridized carbons (Fsp3) is 0.333. The molecule has 8 heteroatoms. The van der Waals surface area contributed by atoms with Crippen LogP contribution in [0.5, 0.6) is 0 Å². The molecule has 1 heterocycles. The average molecular weight is 304 g/mol. The van der Waals surface area contributed by atoms with Crippen molar-refractivity contribution in [1.29, 1.82) is 0 Å². The van der Waals surface area contributed by atoms with Gasteiger partial charge in [0.15, 0.2) is 5.89 Å². The zero-order chi connectivity index (χ0) is 15.2. The Morgan fingerprint density at radius 3 is 2.50 bits per heavy atom. The molecule has 0 aliphatic rings. The molecule has 0 radical (unpaired) electrons. The standard InChI is InChI=1S/C12H13NO2.ClHO4/c1-2-3-8-11-13-12(14)9-6-4-5-7-10(9)15-11;2-1(3,4)5/h4-7H,2-3,8H2,1H3;(H,2,3,4,5). The minimum atomic E-state index is -4.69. The molecule has 0 unspecified atom stereocenters. The topological polar surface area (TPSA) is 133 Å². The quantitative estimate of drug-likeness (QED) is 0.722. The SMILES string of the molecule is CCCCc1nc(=O)c2ccccc2o1.[O-][Cl+3]([O-])([O-])O. The number of aryl methyl sites for hydroxylation is 1. The van der Waals surface area contributed by atoms with Gasteiger partial charge in [-0.2, -0.15) is 19.0 Å². The van der Waals surface area contributed by atoms with Crippen LogP contribution in [0.25, 0.3) is 11.0 Å². The van der Waals surface area contributed by atoms with E-state index >= 15 is 0 Å². The van der Waals surface area contributed by atoms with E-state index in [2.05, 4.69) is 11.9 Å². The fourth-order valence-corrected chi connectivity index (χ4v) is 1.49. The van der Waals surface area contributed by atoms with Crippen molar-refractivity contribution in [2.45, 2.75) is 26.2 Å². The summed E-state index contributed by atoms with van der Waals surface area (Å²) >= 11 is 0. The highest BCUT2D eigenvalue weighted by Crippen LogP contribution is 2.11. The van der Waals surface area contributed by atoms with Crippen molar-refractivity contribution in [3.63, 3.8) is 0 Å². The molecule has 0 spiro atoms. The summed E-state index contributed by atoms with van der Waals surface area (Å²) in [5.74, 6) is 0.542. The summed E-state index contributed by atoms with van der Waals surface area (Å²) in [5, 5.41) is 0.553. The van der Waals surface area contributed by atoms with E-state index in [0.717, 1.165) is 19.3 Å². The van der Waals surface area contributed by atoms with Crippen LogP contribution in [0, 0.1) is 10.2 Å². The van der Waals surface area contributed by atoms with Crippen LogP contribution in [-0.4, -0.2) is 9.64 Å². The molecule has 0 fully saturated rings. The average Bonchev–Trinajstić information content (AvgIpc) is 2.34. The molecule has 1 aromatic heterocycles. The van der Waals surface area contributed by atoms with Gasteiger partial charge in [0, 0.05) is 6.42 Å². The van der Waals surface area contributed by atoms with Gasteiger partial charge in [0.25, 0.3) is 5.56 Å². The lowest BCUT2D eigenvalue weighted by atomic mass is 10.2. The van der Waals surface area contributed by atoms with Crippen molar-refractivity contribution in [2.24, 2.45) is 0 Å². The molecule has 0 bridgehead atoms. The van der Waals surface area contributed by atoms with E-state index in [-0.39, 0.29) is 5.56 Å². The molecular formula is C12H14ClNO6. The maximum Gasteiger partial charge on any atom is 0.283 e. The lowest BCUT2D eigenvalue weighted by Crippen LogP contribution is -2.58. The van der Waals surface area contributed by atoms with Crippen molar-refractivity contribution < 1.29 is 33.3 Å². The first kappa shape index (κ1) is 16.5. The van der Waals surface area contributed by atoms with Gasteiger partial charge in [-0.15, -0.1) is 0 Å². The highest BCUT2D eigenvalue weighted by atomic mass is 35.7. The van der Waals surface area contributed by atoms with Crippen LogP contribution in [0.1, 0.15) is 25.7 Å². The van der Waals surface area contributed by atoms with Crippen LogP contribution in [0.3, 0.4) is 0 Å². The lowest BCUT2D eigenvalue weighted by Gasteiger charge is -2.03. The lowest BCUT2D eigenvalue weighted by molar-refractivity contribution is -1.92. The Kier molecular flexibility index (Phi) is 6.05. The molecule has 7 nitrogen and oxygen atoms in total. The fourth-order valence-electron chi connectivity index (χ4n) is 1.49. The van der Waals surface area contributed by atoms with E-state index in [0.29, 0.717) is 16.9 Å². The van der Waals surface area contributed by atoms with Crippen molar-refractivity contribution in [3.8, 4) is 0 Å². The number of benzene rings is 1. The summed E-state index contributed by atoms with van der Waals surface area (Å²) in [6.45, 7) is 2.10. The molecule has 0 aliphatic carbocycles. The number of unbranched alkanes of at least 4 members (excludes halogenated alkanes) is 1. The smallest absolute Gasteiger partial charge is 0.283 e. The number of fused-ring (bicyclic) bond motifs is 1. The van der Waals surface area contributed by atoms with Crippen molar-refractivity contribution in [3.05, 3.63) is 40.5 Å². The highest BCUT2D eigenvalue weighted by molar-refractivity contribution is 5.74. The van der Waals surface area contributed by atoms with E-state index in [1.54, 1.807) is 12.1 Å². The molecule has 1 aromatic carbocycles. The monoisotopic (exact) mass is 303 g/mol. The van der Waals surface area contributed by atoms with Crippen LogP contribution in [-0.2, 0) is 6.42 Å². The molecule has 0 saturated carbocycles. The Morgan fingerprint density at radius 2 is 1.90 bits per heavy atom. The molecule has 20 heavy (non-hydrogen) atoms. The van der Waals surface area contributed by atoms with Crippen LogP contribution < -0.4 is 19.5 Å². The van der Waals surface area contributed by atoms with Crippen LogP contribution in [0.4, 0.5) is 0 Å². The van der Waals surface area contributed by atoms with Crippen LogP contribution in [0.2, 0.25) is 0 Å². The number of halogens is 1. The molecule has 110 valence electrons. The normalized spacial score (nSPS) is 11.1. The molecule has 0 amide bonds. The van der Waals surface area contributed by atoms with Crippen molar-refractivity contribution >= 4 is 11.0 Å². The second kappa shape index (κ2) is 7.32. The van der Waals surface area contributed by atoms with E-state index < -0.39 is 10.2 Å². The highest BCUT2D eigenvalue weighted by Gasteiger charge is 2.04. The zero-order valence-electron chi connectivity index (χ0n) is 10.7. The first-order chi connectivity index (χ1) is 9.31. The largest absolute Gasteiger partial charge is 0.442 e. The number of hydrogen-bond donors (Lipinski definition) is 1. The van der Waals surface area contributed by atoms with Gasteiger partial charge in [-0.25, -0.2) is 0 Å². The number of hydrogen-bond acceptors (Lipinski definition) is 7. The van der Waals surface area contributed by atoms with E-state index in [4.69, 9.17) is 23.1 Å². The third kappa shape index (κ3) is 6.09. The number of nitrogens with zero attached hydrogens (tertiary/aromatic N) is 1. The van der Waals surface area contributed by atoms with Crippen LogP contribution >= 0.6 is 0 Å². The summed E-state index contributed by atoms with van der Waals surface area (Å²) < 4.78 is 38.3. The van der Waals surface area contributed by atoms with Gasteiger partial charge in [-0.1, -0.05) is 25.5 Å². The predicted octanol–water partition coefficient (Wildman–Crippen LogP) is -1.59. The third-order valence-electron chi connectivity index (χ3n) is 2.32. The predicted molar refractivity (Wildman–Crippen MR) is 61.1 cm³/mol. The second-order valence-electron chi connectivity index (χ2n) is 3.91. The molecule has 0 atom stereocenters. The Labute approximate surface area is 116 Å². The molecular weight excluding hydrogens is 290 g/mol. The van der Waals surface area contributed by atoms with E-state index in [1.165, 1.54) is 0 Å². The van der Waals surface area contributed by atoms with Crippen molar-refractivity contribution in [1.82, 2.24) is 4.98 Å². The Balaban J connectivity index is 0.000000347. The van der Waals surface area contributed by atoms with Gasteiger partial charge in [-0.05, 0) is 18.6 Å². The molecule has 0 saturated heterocycles. The Bertz CT molecular complexity index is 601. The minimum Gasteiger partial charge on any atom is -0.442 e. The van der Waals surface area contributed by atoms with Gasteiger partial charge >= 0.3 is 0 Å². The van der Waals surface area contributed by atoms with Gasteiger partial charge < -0.3 is 4.42 Å². The maximum absolute atomic E-state index is 11.6. The molecule has 2 aromatic rings. The summed E-state index contributed by atoms with van der Waals surface area (Å²) in [5.41, 5.74) is 0.437. The number of aromatic nitrogens is 1. The zero-order valence-corrected chi connectivity index (χ0v) is 11.5. The minimum absolute atomic E-state index is 0.192. The van der Waals surface area contributed by atoms with Gasteiger partial charge in [0.05, 0.1) is 20.3 Å². The first-order valence-corrected chi connectivity index (χ1v) is 7.09. The molecule has 0 aliphatic heterocycles. The third-order valence-corrected chi connectivity index (χ3v) is 2.32. The molecule has 1 N–H and O–H groups in total. The summed E-state index contributed by atoms with van der Waals surface area (Å²) in [6, 6.07) is 7.20. The number of rotatable bonds is 3. The van der Waals surface area contributed by atoms with Crippen LogP contribution in [0.15, 0.2) is 33.5 Å². The van der Waals surface area contributed by atoms with Gasteiger partial charge in [-0.3, -0.25) is 4.79 Å². The van der Waals surface area contributed by atoms with E-state index in [1.807, 2.05) is 12.1 Å². The number of para-hydroxylation sites is 1. The van der Waals surface area contributed by atoms with E-state index in [9.17, 15) is 4.79 Å². The molecule has 2 rings (SSSR count). The van der Waals surface area contributed by atoms with Crippen molar-refractivity contribution in [2.75, 3.05) is 0 Å². The van der Waals surface area contributed by atoms with Gasteiger partial charge in [0.2, 0.25) is 0 Å². The maximum atomic E-state index is 11.6. The Hall–Kier alpha value is -1.51.